The van der Waals surface area contributed by atoms with Crippen LogP contribution in [0.5, 0.6) is 0 Å². The van der Waals surface area contributed by atoms with E-state index in [2.05, 4.69) is 10.6 Å². The quantitative estimate of drug-likeness (QED) is 0.238. The Morgan fingerprint density at radius 3 is 1.93 bits per heavy atom. The number of ether oxygens (including phenoxy) is 4. The molecule has 0 aromatic rings. The standard InChI is InChI=1S/C17H34N2O7S/c1-3-27-14-15(17(21)22)19-16(20)4-6-23-8-10-25-12-13-26-11-9-24-7-5-18-2/h15,18H,3-14H2,1-2H3,(H,19,20)(H,21,22)/t15-/m0/s1. The van der Waals surface area contributed by atoms with Crippen molar-refractivity contribution in [2.75, 3.05) is 78.0 Å². The summed E-state index contributed by atoms with van der Waals surface area (Å²) < 4.78 is 21.3. The number of aliphatic carboxylic acids is 1. The lowest BCUT2D eigenvalue weighted by molar-refractivity contribution is -0.141. The molecule has 27 heavy (non-hydrogen) atoms. The summed E-state index contributed by atoms with van der Waals surface area (Å²) in [4.78, 5) is 22.8. The summed E-state index contributed by atoms with van der Waals surface area (Å²) in [6.07, 6.45) is 0.122. The van der Waals surface area contributed by atoms with Crippen molar-refractivity contribution < 1.29 is 33.6 Å². The van der Waals surface area contributed by atoms with Crippen molar-refractivity contribution in [3.63, 3.8) is 0 Å². The zero-order valence-electron chi connectivity index (χ0n) is 16.4. The third-order valence-corrected chi connectivity index (χ3v) is 4.19. The van der Waals surface area contributed by atoms with Crippen molar-refractivity contribution in [2.24, 2.45) is 0 Å². The zero-order valence-corrected chi connectivity index (χ0v) is 17.2. The highest BCUT2D eigenvalue weighted by atomic mass is 32.2. The summed E-state index contributed by atoms with van der Waals surface area (Å²) in [6, 6.07) is -0.862. The molecule has 0 aliphatic heterocycles. The van der Waals surface area contributed by atoms with E-state index in [0.29, 0.717) is 52.0 Å². The maximum absolute atomic E-state index is 11.7. The van der Waals surface area contributed by atoms with Crippen LogP contribution in [0.25, 0.3) is 0 Å². The molecule has 0 aromatic carbocycles. The molecular formula is C17H34N2O7S. The molecular weight excluding hydrogens is 376 g/mol. The van der Waals surface area contributed by atoms with Gasteiger partial charge in [0.2, 0.25) is 5.91 Å². The Hall–Kier alpha value is -0.910. The van der Waals surface area contributed by atoms with E-state index < -0.39 is 12.0 Å². The molecule has 0 saturated heterocycles. The molecule has 10 heteroatoms. The lowest BCUT2D eigenvalue weighted by atomic mass is 10.3. The van der Waals surface area contributed by atoms with Gasteiger partial charge in [-0.05, 0) is 12.8 Å². The molecule has 0 heterocycles. The van der Waals surface area contributed by atoms with E-state index in [1.54, 1.807) is 0 Å². The van der Waals surface area contributed by atoms with Gasteiger partial charge >= 0.3 is 5.97 Å². The van der Waals surface area contributed by atoms with Gasteiger partial charge in [-0.3, -0.25) is 4.79 Å². The van der Waals surface area contributed by atoms with Gasteiger partial charge in [0.15, 0.2) is 0 Å². The molecule has 0 aliphatic carbocycles. The van der Waals surface area contributed by atoms with E-state index in [-0.39, 0.29) is 18.9 Å². The molecule has 1 atom stereocenters. The lowest BCUT2D eigenvalue weighted by Gasteiger charge is -2.13. The van der Waals surface area contributed by atoms with E-state index >= 15 is 0 Å². The Bertz CT molecular complexity index is 375. The number of carbonyl (C=O) groups is 2. The molecule has 9 nitrogen and oxygen atoms in total. The number of nitrogens with one attached hydrogen (secondary N) is 2. The maximum Gasteiger partial charge on any atom is 0.327 e. The van der Waals surface area contributed by atoms with Crippen molar-refractivity contribution in [2.45, 2.75) is 19.4 Å². The normalized spacial score (nSPS) is 12.1. The maximum atomic E-state index is 11.7. The number of likely N-dealkylation sites (N-methyl/N-ethyl adjacent to an activating group) is 1. The Balaban J connectivity index is 3.40. The number of amides is 1. The molecule has 0 aromatic heterocycles. The molecule has 0 unspecified atom stereocenters. The summed E-state index contributed by atoms with van der Waals surface area (Å²) in [5.74, 6) is -0.190. The monoisotopic (exact) mass is 410 g/mol. The zero-order chi connectivity index (χ0) is 20.2. The van der Waals surface area contributed by atoms with Crippen molar-refractivity contribution in [1.82, 2.24) is 10.6 Å². The topological polar surface area (TPSA) is 115 Å². The first kappa shape index (κ1) is 26.1. The number of hydrogen-bond donors (Lipinski definition) is 3. The van der Waals surface area contributed by atoms with Gasteiger partial charge in [-0.15, -0.1) is 0 Å². The number of thioether (sulfide) groups is 1. The van der Waals surface area contributed by atoms with Crippen molar-refractivity contribution in [3.05, 3.63) is 0 Å². The first-order chi connectivity index (χ1) is 13.1. The van der Waals surface area contributed by atoms with Crippen LogP contribution in [-0.4, -0.2) is 101 Å². The number of carbonyl (C=O) groups excluding carboxylic acids is 1. The van der Waals surface area contributed by atoms with Gasteiger partial charge in [-0.2, -0.15) is 11.8 Å². The van der Waals surface area contributed by atoms with Gasteiger partial charge < -0.3 is 34.7 Å². The largest absolute Gasteiger partial charge is 0.480 e. The SMILES string of the molecule is CCSC[C@H](NC(=O)CCOCCOCCOCCOCCNC)C(=O)O. The Labute approximate surface area is 165 Å². The molecule has 0 bridgehead atoms. The van der Waals surface area contributed by atoms with E-state index in [9.17, 15) is 9.59 Å². The first-order valence-electron chi connectivity index (χ1n) is 9.17. The second kappa shape index (κ2) is 19.8. The van der Waals surface area contributed by atoms with Crippen molar-refractivity contribution in [3.8, 4) is 0 Å². The number of carboxylic acid groups (broad SMARTS) is 1. The van der Waals surface area contributed by atoms with Crippen LogP contribution in [-0.2, 0) is 28.5 Å². The van der Waals surface area contributed by atoms with Gasteiger partial charge in [0.25, 0.3) is 0 Å². The molecule has 0 radical (unpaired) electrons. The number of rotatable bonds is 20. The van der Waals surface area contributed by atoms with Crippen LogP contribution in [0.4, 0.5) is 0 Å². The molecule has 1 amide bonds. The second-order valence-corrected chi connectivity index (χ2v) is 6.74. The molecule has 0 aliphatic rings. The average Bonchev–Trinajstić information content (AvgIpc) is 2.65. The summed E-state index contributed by atoms with van der Waals surface area (Å²) in [5, 5.41) is 14.5. The highest BCUT2D eigenvalue weighted by Crippen LogP contribution is 2.02. The summed E-state index contributed by atoms with van der Waals surface area (Å²) in [6.45, 7) is 6.49. The molecule has 0 rings (SSSR count). The van der Waals surface area contributed by atoms with Crippen LogP contribution in [0.2, 0.25) is 0 Å². The molecule has 0 spiro atoms. The molecule has 0 fully saturated rings. The first-order valence-corrected chi connectivity index (χ1v) is 10.3. The van der Waals surface area contributed by atoms with Gasteiger partial charge in [0, 0.05) is 18.7 Å². The minimum Gasteiger partial charge on any atom is -0.480 e. The summed E-state index contributed by atoms with van der Waals surface area (Å²) in [5.41, 5.74) is 0. The smallest absolute Gasteiger partial charge is 0.327 e. The minimum atomic E-state index is -1.02. The van der Waals surface area contributed by atoms with Crippen LogP contribution in [0, 0.1) is 0 Å². The highest BCUT2D eigenvalue weighted by molar-refractivity contribution is 7.99. The molecule has 3 N–H and O–H groups in total. The van der Waals surface area contributed by atoms with Crippen LogP contribution < -0.4 is 10.6 Å². The Kier molecular flexibility index (Phi) is 19.2. The number of carboxylic acids is 1. The van der Waals surface area contributed by atoms with Crippen LogP contribution >= 0.6 is 11.8 Å². The van der Waals surface area contributed by atoms with Crippen molar-refractivity contribution >= 4 is 23.6 Å². The van der Waals surface area contributed by atoms with Gasteiger partial charge in [0.1, 0.15) is 6.04 Å². The van der Waals surface area contributed by atoms with Gasteiger partial charge in [0.05, 0.1) is 52.9 Å². The Morgan fingerprint density at radius 2 is 1.44 bits per heavy atom. The van der Waals surface area contributed by atoms with E-state index in [0.717, 1.165) is 12.3 Å². The van der Waals surface area contributed by atoms with Crippen molar-refractivity contribution in [1.29, 1.82) is 0 Å². The fourth-order valence-electron chi connectivity index (χ4n) is 1.78. The highest BCUT2D eigenvalue weighted by Gasteiger charge is 2.19. The van der Waals surface area contributed by atoms with Crippen LogP contribution in [0.1, 0.15) is 13.3 Å². The van der Waals surface area contributed by atoms with Crippen LogP contribution in [0.15, 0.2) is 0 Å². The van der Waals surface area contributed by atoms with Gasteiger partial charge in [-0.25, -0.2) is 4.79 Å². The fraction of sp³-hybridized carbons (Fsp3) is 0.882. The number of hydrogen-bond acceptors (Lipinski definition) is 8. The third-order valence-electron chi connectivity index (χ3n) is 3.21. The fourth-order valence-corrected chi connectivity index (χ4v) is 2.48. The summed E-state index contributed by atoms with van der Waals surface area (Å²) >= 11 is 1.47. The predicted octanol–water partition coefficient (Wildman–Crippen LogP) is -0.0152. The predicted molar refractivity (Wildman–Crippen MR) is 104 cm³/mol. The van der Waals surface area contributed by atoms with Gasteiger partial charge in [-0.1, -0.05) is 6.92 Å². The Morgan fingerprint density at radius 1 is 0.926 bits per heavy atom. The third kappa shape index (κ3) is 18.2. The van der Waals surface area contributed by atoms with E-state index in [1.165, 1.54) is 11.8 Å². The summed E-state index contributed by atoms with van der Waals surface area (Å²) in [7, 11) is 1.87. The lowest BCUT2D eigenvalue weighted by Crippen LogP contribution is -2.42. The van der Waals surface area contributed by atoms with E-state index in [1.807, 2.05) is 14.0 Å². The average molecular weight is 411 g/mol. The molecule has 0 saturated carbocycles. The van der Waals surface area contributed by atoms with E-state index in [4.69, 9.17) is 24.1 Å². The minimum absolute atomic E-state index is 0.122. The molecule has 160 valence electrons. The van der Waals surface area contributed by atoms with Crippen LogP contribution in [0.3, 0.4) is 0 Å². The second-order valence-electron chi connectivity index (χ2n) is 5.42.